The summed E-state index contributed by atoms with van der Waals surface area (Å²) in [6.45, 7) is 9.08. The molecule has 0 spiro atoms. The van der Waals surface area contributed by atoms with Gasteiger partial charge >= 0.3 is 0 Å². The molecule has 166 valence electrons. The zero-order valence-corrected chi connectivity index (χ0v) is 20.7. The lowest BCUT2D eigenvalue weighted by Crippen LogP contribution is -2.00. The van der Waals surface area contributed by atoms with Crippen LogP contribution in [0.15, 0.2) is 48.5 Å². The zero-order valence-electron chi connectivity index (χ0n) is 19.1. The maximum absolute atomic E-state index is 12.0. The summed E-state index contributed by atoms with van der Waals surface area (Å²) >= 11 is 1.67. The molecule has 0 aliphatic carbocycles. The van der Waals surface area contributed by atoms with E-state index in [2.05, 4.69) is 52.0 Å². The summed E-state index contributed by atoms with van der Waals surface area (Å²) in [5.74, 6) is 1.41. The van der Waals surface area contributed by atoms with E-state index in [1.165, 1.54) is 16.7 Å². The Balaban J connectivity index is 1.97. The highest BCUT2D eigenvalue weighted by molar-refractivity contribution is 7.90. The van der Waals surface area contributed by atoms with E-state index in [9.17, 15) is 8.42 Å². The molecular weight excluding hydrogens is 424 g/mol. The van der Waals surface area contributed by atoms with Gasteiger partial charge in [0.1, 0.15) is 12.4 Å². The first-order valence-corrected chi connectivity index (χ1v) is 13.7. The number of hydrogen-bond acceptors (Lipinski definition) is 4. The van der Waals surface area contributed by atoms with Crippen LogP contribution in [0.3, 0.4) is 0 Å². The van der Waals surface area contributed by atoms with Gasteiger partial charge in [-0.05, 0) is 72.6 Å². The van der Waals surface area contributed by atoms with Gasteiger partial charge in [0.2, 0.25) is 0 Å². The van der Waals surface area contributed by atoms with Crippen LogP contribution >= 0.6 is 11.3 Å². The summed E-state index contributed by atoms with van der Waals surface area (Å²) in [7, 11) is -3.08. The van der Waals surface area contributed by atoms with Crippen LogP contribution in [0.5, 0.6) is 5.75 Å². The van der Waals surface area contributed by atoms with Gasteiger partial charge in [0.05, 0.1) is 5.75 Å². The normalized spacial score (nSPS) is 11.8. The van der Waals surface area contributed by atoms with Crippen LogP contribution in [0.1, 0.15) is 59.1 Å². The topological polar surface area (TPSA) is 43.4 Å². The van der Waals surface area contributed by atoms with Crippen molar-refractivity contribution in [1.29, 1.82) is 0 Å². The Morgan fingerprint density at radius 3 is 2.26 bits per heavy atom. The third-order valence-electron chi connectivity index (χ3n) is 5.72. The molecule has 0 aliphatic heterocycles. The third kappa shape index (κ3) is 5.78. The first-order chi connectivity index (χ1) is 14.7. The maximum Gasteiger partial charge on any atom is 0.152 e. The minimum Gasteiger partial charge on any atom is -0.489 e. The Morgan fingerprint density at radius 2 is 1.68 bits per heavy atom. The van der Waals surface area contributed by atoms with Gasteiger partial charge in [-0.25, -0.2) is 8.42 Å². The Labute approximate surface area is 191 Å². The molecule has 0 amide bonds. The summed E-state index contributed by atoms with van der Waals surface area (Å²) in [6.07, 6.45) is 3.39. The van der Waals surface area contributed by atoms with Crippen LogP contribution in [-0.4, -0.2) is 14.7 Å². The zero-order chi connectivity index (χ0) is 22.6. The summed E-state index contributed by atoms with van der Waals surface area (Å²) in [4.78, 5) is 2.26. The Bertz CT molecular complexity index is 1120. The van der Waals surface area contributed by atoms with Crippen molar-refractivity contribution in [2.75, 3.05) is 6.26 Å². The van der Waals surface area contributed by atoms with Crippen molar-refractivity contribution in [3.8, 4) is 16.9 Å². The second-order valence-corrected chi connectivity index (χ2v) is 11.5. The molecule has 3 aromatic rings. The van der Waals surface area contributed by atoms with Crippen molar-refractivity contribution >= 4 is 21.2 Å². The minimum atomic E-state index is -3.08. The predicted octanol–water partition coefficient (Wildman–Crippen LogP) is 7.06. The second kappa shape index (κ2) is 10.0. The van der Waals surface area contributed by atoms with Gasteiger partial charge in [-0.15, -0.1) is 11.3 Å². The van der Waals surface area contributed by atoms with Crippen molar-refractivity contribution in [2.45, 2.75) is 58.8 Å². The van der Waals surface area contributed by atoms with Gasteiger partial charge in [-0.2, -0.15) is 0 Å². The minimum absolute atomic E-state index is 0.105. The van der Waals surface area contributed by atoms with Crippen LogP contribution in [0.2, 0.25) is 0 Å². The molecule has 5 heteroatoms. The van der Waals surface area contributed by atoms with Crippen LogP contribution < -0.4 is 4.74 Å². The molecule has 0 fully saturated rings. The monoisotopic (exact) mass is 456 g/mol. The largest absolute Gasteiger partial charge is 0.489 e. The lowest BCUT2D eigenvalue weighted by atomic mass is 9.91. The van der Waals surface area contributed by atoms with Gasteiger partial charge in [-0.3, -0.25) is 0 Å². The van der Waals surface area contributed by atoms with Crippen molar-refractivity contribution < 1.29 is 13.2 Å². The number of ether oxygens (including phenoxy) is 1. The summed E-state index contributed by atoms with van der Waals surface area (Å²) in [5, 5.41) is 0. The van der Waals surface area contributed by atoms with Crippen molar-refractivity contribution in [1.82, 2.24) is 0 Å². The highest BCUT2D eigenvalue weighted by atomic mass is 32.2. The smallest absolute Gasteiger partial charge is 0.152 e. The van der Waals surface area contributed by atoms with Crippen molar-refractivity contribution in [3.05, 3.63) is 75.0 Å². The van der Waals surface area contributed by atoms with Gasteiger partial charge in [0.25, 0.3) is 0 Å². The SMILES string of the molecule is CCC(CC)c1sc(CS(C)(=O)=O)c(C)c1-c1ccc(OCc2ccccc2)c(C)c1. The van der Waals surface area contributed by atoms with Crippen molar-refractivity contribution in [3.63, 3.8) is 0 Å². The maximum atomic E-state index is 12.0. The van der Waals surface area contributed by atoms with Crippen molar-refractivity contribution in [2.24, 2.45) is 0 Å². The summed E-state index contributed by atoms with van der Waals surface area (Å²) in [6, 6.07) is 16.5. The van der Waals surface area contributed by atoms with Crippen LogP contribution in [-0.2, 0) is 22.2 Å². The molecule has 0 N–H and O–H groups in total. The van der Waals surface area contributed by atoms with E-state index in [0.29, 0.717) is 12.5 Å². The number of thiophene rings is 1. The lowest BCUT2D eigenvalue weighted by molar-refractivity contribution is 0.304. The van der Waals surface area contributed by atoms with E-state index in [1.807, 2.05) is 24.3 Å². The molecule has 3 rings (SSSR count). The van der Waals surface area contributed by atoms with Gasteiger partial charge in [0.15, 0.2) is 9.84 Å². The first-order valence-electron chi connectivity index (χ1n) is 10.8. The molecule has 1 heterocycles. The molecule has 31 heavy (non-hydrogen) atoms. The van der Waals surface area contributed by atoms with Crippen LogP contribution in [0, 0.1) is 13.8 Å². The van der Waals surface area contributed by atoms with E-state index in [1.54, 1.807) is 11.3 Å². The Hall–Kier alpha value is -2.11. The first kappa shape index (κ1) is 23.6. The molecule has 0 aliphatic rings. The molecule has 2 aromatic carbocycles. The number of rotatable bonds is 9. The van der Waals surface area contributed by atoms with Crippen LogP contribution in [0.4, 0.5) is 0 Å². The number of sulfone groups is 1. The van der Waals surface area contributed by atoms with Gasteiger partial charge in [0, 0.05) is 16.0 Å². The standard InChI is InChI=1S/C26H32O3S2/c1-6-21(7-2)26-25(19(4)24(30-26)17-31(5,27)28)22-13-14-23(18(3)15-22)29-16-20-11-9-8-10-12-20/h8-15,21H,6-7,16-17H2,1-5H3. The highest BCUT2D eigenvalue weighted by Crippen LogP contribution is 2.44. The second-order valence-electron chi connectivity index (χ2n) is 8.23. The molecule has 0 unspecified atom stereocenters. The Kier molecular flexibility index (Phi) is 7.60. The van der Waals surface area contributed by atoms with E-state index in [-0.39, 0.29) is 5.75 Å². The molecule has 0 saturated carbocycles. The molecule has 1 aromatic heterocycles. The average Bonchev–Trinajstić information content (AvgIpc) is 3.03. The van der Waals surface area contributed by atoms with E-state index in [0.717, 1.165) is 45.7 Å². The summed E-state index contributed by atoms with van der Waals surface area (Å²) in [5.41, 5.74) is 5.66. The fourth-order valence-electron chi connectivity index (χ4n) is 3.97. The van der Waals surface area contributed by atoms with Crippen LogP contribution in [0.25, 0.3) is 11.1 Å². The Morgan fingerprint density at radius 1 is 1.00 bits per heavy atom. The molecular formula is C26H32O3S2. The number of hydrogen-bond donors (Lipinski definition) is 0. The lowest BCUT2D eigenvalue weighted by Gasteiger charge is -2.16. The van der Waals surface area contributed by atoms with E-state index < -0.39 is 9.84 Å². The predicted molar refractivity (Wildman–Crippen MR) is 132 cm³/mol. The average molecular weight is 457 g/mol. The van der Waals surface area contributed by atoms with E-state index >= 15 is 0 Å². The fourth-order valence-corrected chi connectivity index (χ4v) is 6.93. The van der Waals surface area contributed by atoms with Gasteiger partial charge < -0.3 is 4.74 Å². The summed E-state index contributed by atoms with van der Waals surface area (Å²) < 4.78 is 30.1. The number of aryl methyl sites for hydroxylation is 1. The molecule has 3 nitrogen and oxygen atoms in total. The van der Waals surface area contributed by atoms with E-state index in [4.69, 9.17) is 4.74 Å². The van der Waals surface area contributed by atoms with Gasteiger partial charge in [-0.1, -0.05) is 50.2 Å². The molecule has 0 atom stereocenters. The fraction of sp³-hybridized carbons (Fsp3) is 0.385. The molecule has 0 saturated heterocycles. The highest BCUT2D eigenvalue weighted by Gasteiger charge is 2.23. The quantitative estimate of drug-likeness (QED) is 0.346. The third-order valence-corrected chi connectivity index (χ3v) is 8.17. The molecule has 0 bridgehead atoms. The molecule has 0 radical (unpaired) electrons. The number of benzene rings is 2.